The Morgan fingerprint density at radius 2 is 1.07 bits per heavy atom. The minimum Gasteiger partial charge on any atom is -1.00 e. The van der Waals surface area contributed by atoms with Gasteiger partial charge in [0.2, 0.25) is 0 Å². The standard InChI is InChI=1S/C21H25.C13H10.C5H5.2ClH.Ti/c1-20(2,3)16-7-9-18-14(12-16)11-15-13-17(21(4,5)6)8-10-19(15)18;1-3-7-12(8-4-1)11-13-9-5-2-6-10-13;1-2-4-5-3-1;;;/h7-13H,1-6H3;1-10H;1-3H,4H2;2*1H;/q;;;;;+2/p-2. The van der Waals surface area contributed by atoms with Gasteiger partial charge < -0.3 is 24.8 Å². The molecule has 0 nitrogen and oxygen atoms in total. The number of benzene rings is 4. The maximum atomic E-state index is 2.57. The van der Waals surface area contributed by atoms with E-state index in [4.69, 9.17) is 0 Å². The maximum Gasteiger partial charge on any atom is -1.00 e. The molecule has 2 aliphatic rings. The second-order valence-electron chi connectivity index (χ2n) is 13.4. The summed E-state index contributed by atoms with van der Waals surface area (Å²) >= 11 is -2.22. The van der Waals surface area contributed by atoms with Crippen molar-refractivity contribution in [2.24, 2.45) is 0 Å². The first-order valence-corrected chi connectivity index (χ1v) is 17.1. The number of allylic oxidation sites excluding steroid dienone is 4. The fourth-order valence-electron chi connectivity index (χ4n) is 6.33. The molecule has 0 fully saturated rings. The summed E-state index contributed by atoms with van der Waals surface area (Å²) in [6.07, 6.45) is 8.19. The Hall–Kier alpha value is -2.48. The Balaban J connectivity index is 0.00000202. The summed E-state index contributed by atoms with van der Waals surface area (Å²) in [5.41, 5.74) is 11.8. The van der Waals surface area contributed by atoms with Crippen LogP contribution in [0.4, 0.5) is 0 Å². The molecule has 0 saturated heterocycles. The van der Waals surface area contributed by atoms with Gasteiger partial charge in [-0.2, -0.15) is 0 Å². The van der Waals surface area contributed by atoms with Gasteiger partial charge in [0.05, 0.1) is 0 Å². The van der Waals surface area contributed by atoms with Crippen molar-refractivity contribution in [1.29, 1.82) is 0 Å². The quantitative estimate of drug-likeness (QED) is 0.300. The van der Waals surface area contributed by atoms with E-state index in [2.05, 4.69) is 157 Å². The van der Waals surface area contributed by atoms with Gasteiger partial charge in [-0.15, -0.1) is 0 Å². The number of halogens is 2. The van der Waals surface area contributed by atoms with Gasteiger partial charge in [-0.1, -0.05) is 0 Å². The molecule has 0 N–H and O–H groups in total. The Bertz CT molecular complexity index is 1560. The molecule has 214 valence electrons. The van der Waals surface area contributed by atoms with Gasteiger partial charge in [0.15, 0.2) is 0 Å². The molecule has 0 aromatic heterocycles. The van der Waals surface area contributed by atoms with Crippen LogP contribution < -0.4 is 24.8 Å². The normalized spacial score (nSPS) is 13.7. The number of fused-ring (bicyclic) bond motifs is 3. The average Bonchev–Trinajstić information content (AvgIpc) is 3.58. The minimum atomic E-state index is -2.22. The van der Waals surface area contributed by atoms with Crippen LogP contribution in [0.2, 0.25) is 0 Å². The zero-order chi connectivity index (χ0) is 28.1. The fraction of sp³-hybridized carbons (Fsp3) is 0.256. The van der Waals surface area contributed by atoms with Crippen LogP contribution in [0.5, 0.6) is 0 Å². The zero-order valence-electron chi connectivity index (χ0n) is 25.5. The smallest absolute Gasteiger partial charge is 1.00 e. The molecule has 0 aliphatic heterocycles. The van der Waals surface area contributed by atoms with E-state index in [1.54, 1.807) is 18.8 Å². The predicted molar refractivity (Wildman–Crippen MR) is 169 cm³/mol. The third-order valence-corrected chi connectivity index (χ3v) is 13.8. The molecule has 0 heterocycles. The molecule has 2 aliphatic carbocycles. The van der Waals surface area contributed by atoms with Gasteiger partial charge in [0.25, 0.3) is 0 Å². The van der Waals surface area contributed by atoms with Crippen LogP contribution in [-0.4, -0.2) is 3.81 Å². The van der Waals surface area contributed by atoms with Crippen LogP contribution in [0.25, 0.3) is 11.1 Å². The van der Waals surface area contributed by atoms with E-state index in [-0.39, 0.29) is 35.6 Å². The van der Waals surface area contributed by atoms with Crippen LogP contribution in [0.15, 0.2) is 119 Å². The van der Waals surface area contributed by atoms with Crippen molar-refractivity contribution in [2.45, 2.75) is 63.0 Å². The molecule has 0 radical (unpaired) electrons. The fourth-order valence-corrected chi connectivity index (χ4v) is 12.0. The summed E-state index contributed by atoms with van der Waals surface area (Å²) in [6, 6.07) is 37.2. The van der Waals surface area contributed by atoms with Crippen molar-refractivity contribution in [3.05, 3.63) is 153 Å². The van der Waals surface area contributed by atoms with E-state index in [0.29, 0.717) is 4.22 Å². The average molecular weight is 628 g/mol. The van der Waals surface area contributed by atoms with Gasteiger partial charge in [0.1, 0.15) is 0 Å². The summed E-state index contributed by atoms with van der Waals surface area (Å²) in [6.45, 7) is 14.1. The topological polar surface area (TPSA) is 0 Å². The third kappa shape index (κ3) is 6.11. The summed E-state index contributed by atoms with van der Waals surface area (Å²) in [5, 5.41) is 0. The van der Waals surface area contributed by atoms with Crippen molar-refractivity contribution in [3.63, 3.8) is 0 Å². The largest absolute Gasteiger partial charge is 1.00 e. The number of hydrogen-bond donors (Lipinski definition) is 0. The van der Waals surface area contributed by atoms with E-state index in [1.165, 1.54) is 33.4 Å². The first-order chi connectivity index (χ1) is 19.1. The second-order valence-corrected chi connectivity index (χ2v) is 17.4. The molecule has 0 bridgehead atoms. The molecule has 0 unspecified atom stereocenters. The summed E-state index contributed by atoms with van der Waals surface area (Å²) < 4.78 is 3.65. The molecule has 4 aromatic carbocycles. The molecule has 0 saturated carbocycles. The van der Waals surface area contributed by atoms with E-state index in [9.17, 15) is 0 Å². The summed E-state index contributed by atoms with van der Waals surface area (Å²) in [7, 11) is 0. The Kier molecular flexibility index (Phi) is 9.76. The zero-order valence-corrected chi connectivity index (χ0v) is 28.6. The van der Waals surface area contributed by atoms with Gasteiger partial charge in [-0.25, -0.2) is 0 Å². The molecular weight excluding hydrogens is 587 g/mol. The van der Waals surface area contributed by atoms with Crippen molar-refractivity contribution < 1.29 is 42.2 Å². The van der Waals surface area contributed by atoms with Crippen molar-refractivity contribution in [2.75, 3.05) is 0 Å². The molecule has 4 aromatic rings. The SMILES string of the molecule is CC(C)(C)c1ccc2c(c1)[CH]([Ti+2]([C]1=CC=CC1)=[C](c1ccccc1)c1ccccc1)c1cc(C(C)(C)C)ccc1-2.[Cl-].[Cl-]. The Labute approximate surface area is 271 Å². The van der Waals surface area contributed by atoms with Crippen molar-refractivity contribution in [1.82, 2.24) is 0 Å². The van der Waals surface area contributed by atoms with Gasteiger partial charge >= 0.3 is 248 Å². The Morgan fingerprint density at radius 3 is 1.45 bits per heavy atom. The molecule has 0 spiro atoms. The second kappa shape index (κ2) is 12.6. The molecule has 3 heteroatoms. The molecule has 0 atom stereocenters. The molecule has 0 amide bonds. The first-order valence-electron chi connectivity index (χ1n) is 14.6. The number of rotatable bonds is 4. The van der Waals surface area contributed by atoms with Crippen molar-refractivity contribution >= 4 is 3.81 Å². The van der Waals surface area contributed by atoms with Crippen molar-refractivity contribution in [3.8, 4) is 11.1 Å². The van der Waals surface area contributed by atoms with Gasteiger partial charge in [0, 0.05) is 0 Å². The van der Waals surface area contributed by atoms with E-state index < -0.39 is 17.4 Å². The van der Waals surface area contributed by atoms with E-state index in [1.807, 2.05) is 0 Å². The Morgan fingerprint density at radius 1 is 0.619 bits per heavy atom. The van der Waals surface area contributed by atoms with E-state index >= 15 is 0 Å². The van der Waals surface area contributed by atoms with Gasteiger partial charge in [-0.3, -0.25) is 0 Å². The molecule has 42 heavy (non-hydrogen) atoms. The number of hydrogen-bond acceptors (Lipinski definition) is 0. The summed E-state index contributed by atoms with van der Waals surface area (Å²) in [4.78, 5) is 0. The molecule has 6 rings (SSSR count). The predicted octanol–water partition coefficient (Wildman–Crippen LogP) is 4.09. The summed E-state index contributed by atoms with van der Waals surface area (Å²) in [5.74, 6) is 0. The van der Waals surface area contributed by atoms with E-state index in [0.717, 1.165) is 6.42 Å². The van der Waals surface area contributed by atoms with Crippen LogP contribution >= 0.6 is 0 Å². The monoisotopic (exact) mass is 626 g/mol. The van der Waals surface area contributed by atoms with Crippen LogP contribution in [0.3, 0.4) is 0 Å². The molecular formula is C39H40Cl2Ti. The maximum absolute atomic E-state index is 2.57. The van der Waals surface area contributed by atoms with Gasteiger partial charge in [-0.05, 0) is 0 Å². The first kappa shape index (κ1) is 32.4. The third-order valence-electron chi connectivity index (χ3n) is 8.55. The van der Waals surface area contributed by atoms with Crippen LogP contribution in [-0.2, 0) is 28.2 Å². The van der Waals surface area contributed by atoms with Crippen LogP contribution in [0, 0.1) is 0 Å². The minimum absolute atomic E-state index is 0. The van der Waals surface area contributed by atoms with Crippen LogP contribution in [0.1, 0.15) is 85.6 Å².